The molecule has 2 fully saturated rings. The van der Waals surface area contributed by atoms with Crippen LogP contribution in [0.15, 0.2) is 59.7 Å². The van der Waals surface area contributed by atoms with Crippen molar-refractivity contribution in [2.24, 2.45) is 5.41 Å². The number of Topliss-reactive ketones (excluding diaryl/α,β-unsaturated/α-hetero) is 2. The molecule has 3 aliphatic rings. The van der Waals surface area contributed by atoms with Gasteiger partial charge < -0.3 is 9.64 Å². The molecule has 248 valence electrons. The van der Waals surface area contributed by atoms with Gasteiger partial charge >= 0.3 is 0 Å². The summed E-state index contributed by atoms with van der Waals surface area (Å²) in [5.41, 5.74) is 4.06. The molecule has 8 rings (SSSR count). The zero-order valence-corrected chi connectivity index (χ0v) is 28.5. The van der Waals surface area contributed by atoms with Gasteiger partial charge in [0.2, 0.25) is 5.91 Å². The Bertz CT molecular complexity index is 2180. The number of fused-ring (bicyclic) bond motifs is 5. The number of nitrogens with zero attached hydrogens (tertiary/aromatic N) is 9. The van der Waals surface area contributed by atoms with E-state index in [0.29, 0.717) is 64.5 Å². The molecule has 5 aromatic heterocycles. The maximum Gasteiger partial charge on any atom is 0.245 e. The topological polar surface area (TPSA) is 151 Å². The molecule has 0 N–H and O–H groups in total. The van der Waals surface area contributed by atoms with E-state index >= 15 is 0 Å². The third-order valence-corrected chi connectivity index (χ3v) is 10.1. The number of hydrogen-bond acceptors (Lipinski definition) is 10. The number of carbonyl (C=O) groups excluding carboxylic acids is 3. The van der Waals surface area contributed by atoms with Gasteiger partial charge in [-0.2, -0.15) is 10.2 Å². The minimum atomic E-state index is -0.649. The number of aromatic nitrogens is 8. The Balaban J connectivity index is 1.13. The fraction of sp³-hybridized carbons (Fsp3) is 0.343. The van der Waals surface area contributed by atoms with Gasteiger partial charge in [0, 0.05) is 54.5 Å². The van der Waals surface area contributed by atoms with E-state index in [9.17, 15) is 14.4 Å². The molecule has 1 saturated heterocycles. The molecule has 4 bridgehead atoms. The summed E-state index contributed by atoms with van der Waals surface area (Å²) in [6, 6.07) is 6.68. The van der Waals surface area contributed by atoms with Gasteiger partial charge in [0.25, 0.3) is 0 Å². The summed E-state index contributed by atoms with van der Waals surface area (Å²) in [7, 11) is 0. The first kappa shape index (κ1) is 31.3. The number of aryl methyl sites for hydroxylation is 1. The predicted molar refractivity (Wildman–Crippen MR) is 181 cm³/mol. The monoisotopic (exact) mass is 721 g/mol. The third kappa shape index (κ3) is 5.88. The van der Waals surface area contributed by atoms with Gasteiger partial charge in [0.1, 0.15) is 22.7 Å². The Hall–Kier alpha value is -4.95. The predicted octanol–water partition coefficient (Wildman–Crippen LogP) is 4.17. The zero-order valence-electron chi connectivity index (χ0n) is 26.9. The van der Waals surface area contributed by atoms with Crippen molar-refractivity contribution in [3.8, 4) is 11.3 Å². The molecule has 1 amide bonds. The molecule has 7 heterocycles. The fourth-order valence-electron chi connectivity index (χ4n) is 7.19. The normalized spacial score (nSPS) is 22.5. The Morgan fingerprint density at radius 2 is 1.92 bits per heavy atom. The maximum atomic E-state index is 14.4. The van der Waals surface area contributed by atoms with Gasteiger partial charge in [0.15, 0.2) is 11.6 Å². The van der Waals surface area contributed by atoms with E-state index in [2.05, 4.69) is 41.0 Å². The number of rotatable bonds is 4. The first-order valence-corrected chi connectivity index (χ1v) is 16.9. The Morgan fingerprint density at radius 3 is 2.73 bits per heavy atom. The summed E-state index contributed by atoms with van der Waals surface area (Å²) < 4.78 is 9.93. The van der Waals surface area contributed by atoms with Crippen LogP contribution in [0.4, 0.5) is 0 Å². The molecule has 49 heavy (non-hydrogen) atoms. The minimum absolute atomic E-state index is 0.0613. The summed E-state index contributed by atoms with van der Waals surface area (Å²) in [5.74, 6) is 0.0763. The van der Waals surface area contributed by atoms with Crippen LogP contribution in [0.5, 0.6) is 0 Å². The van der Waals surface area contributed by atoms with Crippen LogP contribution in [0.2, 0.25) is 0 Å². The highest BCUT2D eigenvalue weighted by Gasteiger charge is 2.67. The Kier molecular flexibility index (Phi) is 7.79. The fourth-order valence-corrected chi connectivity index (χ4v) is 7.54. The van der Waals surface area contributed by atoms with E-state index in [1.165, 1.54) is 11.6 Å². The van der Waals surface area contributed by atoms with Gasteiger partial charge in [-0.1, -0.05) is 12.1 Å². The average molecular weight is 723 g/mol. The molecule has 0 radical (unpaired) electrons. The molecule has 3 atom stereocenters. The van der Waals surface area contributed by atoms with Crippen molar-refractivity contribution >= 4 is 50.4 Å². The molecule has 0 unspecified atom stereocenters. The Morgan fingerprint density at radius 1 is 1.08 bits per heavy atom. The zero-order chi connectivity index (χ0) is 33.9. The summed E-state index contributed by atoms with van der Waals surface area (Å²) in [6.07, 6.45) is 12.1. The van der Waals surface area contributed by atoms with E-state index < -0.39 is 6.04 Å². The molecule has 14 heteroatoms. The van der Waals surface area contributed by atoms with Crippen molar-refractivity contribution in [3.05, 3.63) is 88.2 Å². The average Bonchev–Trinajstić information content (AvgIpc) is 3.34. The standard InChI is InChI=1S/C35H32BrN9O4/c1-20(46)34-25-10-26(23-14-37-21(2)38-15-23)39-16-29(25)44(42-34)17-33(48)45-28-12-35(13-31(35)45)19-43-8-7-24(41-43)4-3-9-49-18-22-5-6-32(36)40-27(22)11-30(28)47/h3-8,10,14-16,28,31H,9,11-13,17-19H2,1-2H3/b4-3+/t28-,31+,35-/m0/s1. The van der Waals surface area contributed by atoms with Crippen LogP contribution < -0.4 is 0 Å². The number of pyridine rings is 2. The molecule has 0 aromatic carbocycles. The number of halogens is 1. The molecule has 2 aliphatic heterocycles. The highest BCUT2D eigenvalue weighted by atomic mass is 79.9. The van der Waals surface area contributed by atoms with Gasteiger partial charge in [-0.15, -0.1) is 0 Å². The Labute approximate surface area is 289 Å². The van der Waals surface area contributed by atoms with Crippen molar-refractivity contribution in [1.29, 1.82) is 0 Å². The van der Waals surface area contributed by atoms with Gasteiger partial charge in [0.05, 0.1) is 54.5 Å². The van der Waals surface area contributed by atoms with Crippen LogP contribution in [-0.2, 0) is 40.4 Å². The van der Waals surface area contributed by atoms with Crippen molar-refractivity contribution < 1.29 is 19.1 Å². The van der Waals surface area contributed by atoms with E-state index in [-0.39, 0.29) is 47.6 Å². The second kappa shape index (κ2) is 12.2. The summed E-state index contributed by atoms with van der Waals surface area (Å²) in [5, 5.41) is 9.89. The molecule has 1 spiro atoms. The lowest BCUT2D eigenvalue weighted by molar-refractivity contribution is -0.139. The number of ketones is 2. The number of amides is 1. The van der Waals surface area contributed by atoms with Crippen LogP contribution in [0.1, 0.15) is 53.0 Å². The van der Waals surface area contributed by atoms with Crippen LogP contribution in [0.3, 0.4) is 0 Å². The van der Waals surface area contributed by atoms with Gasteiger partial charge in [-0.05, 0) is 65.5 Å². The number of piperidine rings is 1. The van der Waals surface area contributed by atoms with Crippen LogP contribution in [0.25, 0.3) is 28.2 Å². The SMILES string of the molecule is CC(=O)c1nn(CC(=O)N2[C@H]3C[C@]4(C[C@@H]24)Cn2ccc(n2)/C=C/COCc2ccc(Br)nc2CC3=O)c2cnc(-c3cnc(C)nc3)cc12. The quantitative estimate of drug-likeness (QED) is 0.195. The second-order valence-corrected chi connectivity index (χ2v) is 13.8. The summed E-state index contributed by atoms with van der Waals surface area (Å²) in [6.45, 7) is 4.36. The van der Waals surface area contributed by atoms with E-state index in [1.807, 2.05) is 41.2 Å². The largest absolute Gasteiger partial charge is 0.373 e. The second-order valence-electron chi connectivity index (χ2n) is 13.0. The molecule has 1 saturated carbocycles. The highest BCUT2D eigenvalue weighted by molar-refractivity contribution is 9.10. The van der Waals surface area contributed by atoms with Crippen molar-refractivity contribution in [2.75, 3.05) is 6.61 Å². The van der Waals surface area contributed by atoms with Gasteiger partial charge in [-0.3, -0.25) is 28.7 Å². The third-order valence-electron chi connectivity index (χ3n) is 9.68. The van der Waals surface area contributed by atoms with Crippen LogP contribution >= 0.6 is 15.9 Å². The number of likely N-dealkylation sites (tertiary alicyclic amines) is 1. The van der Waals surface area contributed by atoms with E-state index in [4.69, 9.17) is 9.84 Å². The molecule has 13 nitrogen and oxygen atoms in total. The maximum absolute atomic E-state index is 14.4. The van der Waals surface area contributed by atoms with E-state index in [0.717, 1.165) is 17.7 Å². The summed E-state index contributed by atoms with van der Waals surface area (Å²) >= 11 is 3.45. The highest BCUT2D eigenvalue weighted by Crippen LogP contribution is 2.60. The van der Waals surface area contributed by atoms with Gasteiger partial charge in [-0.25, -0.2) is 15.0 Å². The smallest absolute Gasteiger partial charge is 0.245 e. The lowest BCUT2D eigenvalue weighted by Gasteiger charge is -2.27. The summed E-state index contributed by atoms with van der Waals surface area (Å²) in [4.78, 5) is 60.8. The number of carbonyl (C=O) groups is 3. The molecule has 5 aromatic rings. The molecule has 1 aliphatic carbocycles. The number of ether oxygens (including phenoxy) is 1. The van der Waals surface area contributed by atoms with Crippen molar-refractivity contribution in [3.63, 3.8) is 0 Å². The first-order chi connectivity index (χ1) is 23.7. The lowest BCUT2D eigenvalue weighted by atomic mass is 9.94. The molecular formula is C35H32BrN9O4. The van der Waals surface area contributed by atoms with Crippen LogP contribution in [0, 0.1) is 12.3 Å². The van der Waals surface area contributed by atoms with Crippen LogP contribution in [-0.4, -0.2) is 80.6 Å². The van der Waals surface area contributed by atoms with Crippen molar-refractivity contribution in [1.82, 2.24) is 44.4 Å². The number of hydrogen-bond donors (Lipinski definition) is 0. The van der Waals surface area contributed by atoms with E-state index in [1.54, 1.807) is 36.5 Å². The van der Waals surface area contributed by atoms with Crippen molar-refractivity contribution in [2.45, 2.75) is 64.9 Å². The minimum Gasteiger partial charge on any atom is -0.373 e. The lowest BCUT2D eigenvalue weighted by Crippen LogP contribution is -2.45. The molecular weight excluding hydrogens is 690 g/mol. The first-order valence-electron chi connectivity index (χ1n) is 16.1.